The van der Waals surface area contributed by atoms with Gasteiger partial charge in [0.05, 0.1) is 0 Å². The van der Waals surface area contributed by atoms with Crippen molar-refractivity contribution in [2.24, 2.45) is 0 Å². The van der Waals surface area contributed by atoms with E-state index >= 15 is 0 Å². The van der Waals surface area contributed by atoms with Gasteiger partial charge in [-0.15, -0.1) is 0 Å². The number of hydrogen-bond donors (Lipinski definition) is 3. The van der Waals surface area contributed by atoms with Gasteiger partial charge in [-0.25, -0.2) is 4.57 Å². The first-order valence-corrected chi connectivity index (χ1v) is 6.93. The largest absolute Gasteiger partial charge is 0.527 e. The van der Waals surface area contributed by atoms with E-state index in [0.717, 1.165) is 23.9 Å². The van der Waals surface area contributed by atoms with Gasteiger partial charge in [-0.3, -0.25) is 9.79 Å². The van der Waals surface area contributed by atoms with E-state index in [9.17, 15) is 4.57 Å². The van der Waals surface area contributed by atoms with Crippen molar-refractivity contribution in [2.45, 2.75) is 6.42 Å². The summed E-state index contributed by atoms with van der Waals surface area (Å²) in [6.45, 7) is 0.845. The van der Waals surface area contributed by atoms with Gasteiger partial charge in [-0.05, 0) is 31.6 Å². The normalized spacial score (nSPS) is 11.9. The standard InChI is InChI=1S/C11H14NO5P/c1-12-5-4-8-2-3-9-7-11(16-10(9)6-8)17-18(13,14)15/h2-3,6-7,12H,4-5H2,1H3,(H2,13,14,15). The molecule has 98 valence electrons. The Morgan fingerprint density at radius 1 is 1.39 bits per heavy atom. The molecule has 2 rings (SSSR count). The van der Waals surface area contributed by atoms with Crippen LogP contribution in [-0.2, 0) is 11.0 Å². The smallest absolute Gasteiger partial charge is 0.425 e. The van der Waals surface area contributed by atoms with Gasteiger partial charge in [0.1, 0.15) is 5.58 Å². The lowest BCUT2D eigenvalue weighted by Crippen LogP contribution is -2.09. The summed E-state index contributed by atoms with van der Waals surface area (Å²) in [6, 6.07) is 7.06. The fourth-order valence-electron chi connectivity index (χ4n) is 1.64. The summed E-state index contributed by atoms with van der Waals surface area (Å²) in [4.78, 5) is 17.4. The third kappa shape index (κ3) is 3.34. The van der Waals surface area contributed by atoms with Crippen molar-refractivity contribution in [3.8, 4) is 5.95 Å². The lowest BCUT2D eigenvalue weighted by molar-refractivity contribution is 0.258. The highest BCUT2D eigenvalue weighted by Crippen LogP contribution is 2.39. The highest BCUT2D eigenvalue weighted by molar-refractivity contribution is 7.46. The summed E-state index contributed by atoms with van der Waals surface area (Å²) in [5, 5.41) is 3.78. The zero-order chi connectivity index (χ0) is 13.2. The molecule has 0 atom stereocenters. The van der Waals surface area contributed by atoms with Crippen LogP contribution in [0, 0.1) is 0 Å². The first-order chi connectivity index (χ1) is 8.48. The van der Waals surface area contributed by atoms with Crippen LogP contribution < -0.4 is 9.84 Å². The molecule has 6 nitrogen and oxygen atoms in total. The van der Waals surface area contributed by atoms with Crippen LogP contribution in [0.4, 0.5) is 0 Å². The van der Waals surface area contributed by atoms with E-state index in [1.54, 1.807) is 0 Å². The van der Waals surface area contributed by atoms with Crippen molar-refractivity contribution >= 4 is 18.8 Å². The molecule has 1 aromatic carbocycles. The minimum Gasteiger partial charge on any atom is -0.425 e. The lowest BCUT2D eigenvalue weighted by Gasteiger charge is -2.01. The maximum Gasteiger partial charge on any atom is 0.527 e. The van der Waals surface area contributed by atoms with Crippen molar-refractivity contribution in [3.05, 3.63) is 29.8 Å². The van der Waals surface area contributed by atoms with Crippen LogP contribution in [0.1, 0.15) is 5.56 Å². The quantitative estimate of drug-likeness (QED) is 0.716. The third-order valence-electron chi connectivity index (χ3n) is 2.43. The highest BCUT2D eigenvalue weighted by Gasteiger charge is 2.18. The predicted molar refractivity (Wildman–Crippen MR) is 66.5 cm³/mol. The number of benzene rings is 1. The number of phosphoric acid groups is 1. The van der Waals surface area contributed by atoms with Crippen molar-refractivity contribution in [3.63, 3.8) is 0 Å². The summed E-state index contributed by atoms with van der Waals surface area (Å²) in [5.74, 6) is -0.177. The summed E-state index contributed by atoms with van der Waals surface area (Å²) >= 11 is 0. The molecule has 1 aromatic heterocycles. The molecule has 3 N–H and O–H groups in total. The monoisotopic (exact) mass is 271 g/mol. The molecule has 0 aliphatic carbocycles. The van der Waals surface area contributed by atoms with Gasteiger partial charge in [-0.2, -0.15) is 0 Å². The van der Waals surface area contributed by atoms with Crippen LogP contribution in [0.15, 0.2) is 28.7 Å². The maximum absolute atomic E-state index is 10.7. The predicted octanol–water partition coefficient (Wildman–Crippen LogP) is 1.67. The van der Waals surface area contributed by atoms with Crippen LogP contribution in [0.3, 0.4) is 0 Å². The number of rotatable bonds is 5. The molecule has 1 heterocycles. The highest BCUT2D eigenvalue weighted by atomic mass is 31.2. The van der Waals surface area contributed by atoms with E-state index < -0.39 is 7.82 Å². The molecule has 2 aromatic rings. The number of nitrogens with one attached hydrogen (secondary N) is 1. The summed E-state index contributed by atoms with van der Waals surface area (Å²) in [6.07, 6.45) is 0.849. The van der Waals surface area contributed by atoms with Gasteiger partial charge in [0.25, 0.3) is 5.95 Å². The van der Waals surface area contributed by atoms with E-state index in [4.69, 9.17) is 14.2 Å². The van der Waals surface area contributed by atoms with E-state index in [-0.39, 0.29) is 5.95 Å². The van der Waals surface area contributed by atoms with Gasteiger partial charge >= 0.3 is 7.82 Å². The Balaban J connectivity index is 2.25. The van der Waals surface area contributed by atoms with Crippen LogP contribution in [0.25, 0.3) is 11.0 Å². The molecule has 0 unspecified atom stereocenters. The van der Waals surface area contributed by atoms with Crippen molar-refractivity contribution in [1.29, 1.82) is 0 Å². The number of furan rings is 1. The first kappa shape index (κ1) is 13.1. The molecule has 18 heavy (non-hydrogen) atoms. The summed E-state index contributed by atoms with van der Waals surface area (Å²) in [7, 11) is -2.70. The third-order valence-corrected chi connectivity index (χ3v) is 2.85. The molecular weight excluding hydrogens is 257 g/mol. The molecule has 0 fully saturated rings. The Kier molecular flexibility index (Phi) is 3.73. The summed E-state index contributed by atoms with van der Waals surface area (Å²) < 4.78 is 20.3. The van der Waals surface area contributed by atoms with Crippen LogP contribution >= 0.6 is 7.82 Å². The van der Waals surface area contributed by atoms with Crippen molar-refractivity contribution in [2.75, 3.05) is 13.6 Å². The molecule has 0 aliphatic rings. The minimum absolute atomic E-state index is 0.177. The maximum atomic E-state index is 10.7. The Hall–Kier alpha value is -1.33. The van der Waals surface area contributed by atoms with Crippen molar-refractivity contribution < 1.29 is 23.3 Å². The van der Waals surface area contributed by atoms with E-state index in [0.29, 0.717) is 5.58 Å². The Morgan fingerprint density at radius 3 is 2.83 bits per heavy atom. The van der Waals surface area contributed by atoms with Crippen LogP contribution in [0.2, 0.25) is 0 Å². The molecule has 0 saturated carbocycles. The van der Waals surface area contributed by atoms with Crippen LogP contribution in [0.5, 0.6) is 5.95 Å². The minimum atomic E-state index is -4.58. The van der Waals surface area contributed by atoms with Crippen LogP contribution in [-0.4, -0.2) is 23.4 Å². The topological polar surface area (TPSA) is 91.9 Å². The SMILES string of the molecule is CNCCc1ccc2cc(OP(=O)(O)O)oc2c1. The molecule has 0 spiro atoms. The number of phosphoric ester groups is 1. The van der Waals surface area contributed by atoms with E-state index in [1.165, 1.54) is 6.07 Å². The van der Waals surface area contributed by atoms with Gasteiger partial charge in [0.15, 0.2) is 0 Å². The Labute approximate surface area is 104 Å². The second kappa shape index (κ2) is 5.12. The molecular formula is C11H14NO5P. The average molecular weight is 271 g/mol. The Bertz CT molecular complexity index is 588. The molecule has 7 heteroatoms. The van der Waals surface area contributed by atoms with E-state index in [1.807, 2.05) is 25.2 Å². The van der Waals surface area contributed by atoms with Gasteiger partial charge in [0, 0.05) is 11.5 Å². The first-order valence-electron chi connectivity index (χ1n) is 5.40. The second-order valence-electron chi connectivity index (χ2n) is 3.87. The molecule has 0 aliphatic heterocycles. The lowest BCUT2D eigenvalue weighted by atomic mass is 10.1. The molecule has 0 radical (unpaired) electrons. The second-order valence-corrected chi connectivity index (χ2v) is 5.04. The zero-order valence-corrected chi connectivity index (χ0v) is 10.7. The molecule has 0 amide bonds. The molecule has 0 saturated heterocycles. The zero-order valence-electron chi connectivity index (χ0n) is 9.79. The van der Waals surface area contributed by atoms with Gasteiger partial charge in [0.2, 0.25) is 0 Å². The summed E-state index contributed by atoms with van der Waals surface area (Å²) in [5.41, 5.74) is 1.63. The fourth-order valence-corrected chi connectivity index (χ4v) is 1.96. The number of hydrogen-bond acceptors (Lipinski definition) is 4. The van der Waals surface area contributed by atoms with E-state index in [2.05, 4.69) is 9.84 Å². The molecule has 0 bridgehead atoms. The van der Waals surface area contributed by atoms with Gasteiger partial charge < -0.3 is 14.3 Å². The number of likely N-dealkylation sites (N-methyl/N-ethyl adjacent to an activating group) is 1. The fraction of sp³-hybridized carbons (Fsp3) is 0.273. The van der Waals surface area contributed by atoms with Crippen molar-refractivity contribution in [1.82, 2.24) is 5.32 Å². The Morgan fingerprint density at radius 2 is 2.17 bits per heavy atom. The average Bonchev–Trinajstić information content (AvgIpc) is 2.64. The number of fused-ring (bicyclic) bond motifs is 1. The van der Waals surface area contributed by atoms with Gasteiger partial charge in [-0.1, -0.05) is 12.1 Å².